The molecule has 21 heavy (non-hydrogen) atoms. The Hall–Kier alpha value is -1.22. The molecule has 0 radical (unpaired) electrons. The molecule has 2 heterocycles. The van der Waals surface area contributed by atoms with Crippen LogP contribution in [0.2, 0.25) is 0 Å². The van der Waals surface area contributed by atoms with E-state index in [2.05, 4.69) is 46.3 Å². The first-order chi connectivity index (χ1) is 10.4. The Kier molecular flexibility index (Phi) is 5.02. The highest BCUT2D eigenvalue weighted by Crippen LogP contribution is 2.30. The molecular weight excluding hydrogens is 258 g/mol. The van der Waals surface area contributed by atoms with Gasteiger partial charge in [-0.3, -0.25) is 0 Å². The Morgan fingerprint density at radius 2 is 1.81 bits per heavy atom. The molecule has 0 aliphatic carbocycles. The van der Waals surface area contributed by atoms with Crippen LogP contribution in [0.1, 0.15) is 39.0 Å². The second-order valence-corrected chi connectivity index (χ2v) is 6.42. The van der Waals surface area contributed by atoms with E-state index in [-0.39, 0.29) is 0 Å². The Labute approximate surface area is 129 Å². The minimum Gasteiger partial charge on any atom is -0.381 e. The zero-order chi connectivity index (χ0) is 14.5. The Bertz CT molecular complexity index is 440. The molecule has 116 valence electrons. The molecule has 3 nitrogen and oxygen atoms in total. The van der Waals surface area contributed by atoms with Crippen molar-refractivity contribution in [1.29, 1.82) is 0 Å². The SMILES string of the molecule is CCN1CCCC(Nc2ccccc2N2CCCC2)CC1. The number of hydrogen-bond donors (Lipinski definition) is 1. The fourth-order valence-electron chi connectivity index (χ4n) is 3.67. The molecule has 2 saturated heterocycles. The van der Waals surface area contributed by atoms with Gasteiger partial charge in [-0.25, -0.2) is 0 Å². The summed E-state index contributed by atoms with van der Waals surface area (Å²) >= 11 is 0. The highest BCUT2D eigenvalue weighted by molar-refractivity contribution is 5.70. The van der Waals surface area contributed by atoms with Crippen LogP contribution in [0.3, 0.4) is 0 Å². The van der Waals surface area contributed by atoms with Crippen molar-refractivity contribution in [3.8, 4) is 0 Å². The lowest BCUT2D eigenvalue weighted by Crippen LogP contribution is -2.27. The summed E-state index contributed by atoms with van der Waals surface area (Å²) in [6.45, 7) is 8.40. The molecular formula is C18H29N3. The van der Waals surface area contributed by atoms with Gasteiger partial charge in [0.15, 0.2) is 0 Å². The first-order valence-corrected chi connectivity index (χ1v) is 8.69. The van der Waals surface area contributed by atoms with Crippen LogP contribution in [-0.4, -0.2) is 43.7 Å². The standard InChI is InChI=1S/C18H29N3/c1-2-20-12-7-8-16(11-15-20)19-17-9-3-4-10-18(17)21-13-5-6-14-21/h3-4,9-10,16,19H,2,5-8,11-15H2,1H3. The van der Waals surface area contributed by atoms with Crippen molar-refractivity contribution in [2.24, 2.45) is 0 Å². The van der Waals surface area contributed by atoms with E-state index in [0.29, 0.717) is 6.04 Å². The van der Waals surface area contributed by atoms with Gasteiger partial charge in [-0.15, -0.1) is 0 Å². The number of nitrogens with one attached hydrogen (secondary N) is 1. The van der Waals surface area contributed by atoms with Gasteiger partial charge in [0.05, 0.1) is 11.4 Å². The third kappa shape index (κ3) is 3.70. The van der Waals surface area contributed by atoms with E-state index < -0.39 is 0 Å². The van der Waals surface area contributed by atoms with Crippen LogP contribution in [0.4, 0.5) is 11.4 Å². The Morgan fingerprint density at radius 3 is 2.62 bits per heavy atom. The first-order valence-electron chi connectivity index (χ1n) is 8.69. The van der Waals surface area contributed by atoms with Gasteiger partial charge in [0.1, 0.15) is 0 Å². The van der Waals surface area contributed by atoms with Crippen LogP contribution in [0.15, 0.2) is 24.3 Å². The molecule has 1 unspecified atom stereocenters. The van der Waals surface area contributed by atoms with Gasteiger partial charge in [-0.2, -0.15) is 0 Å². The number of nitrogens with zero attached hydrogens (tertiary/aromatic N) is 2. The fraction of sp³-hybridized carbons (Fsp3) is 0.667. The van der Waals surface area contributed by atoms with Gasteiger partial charge in [-0.1, -0.05) is 19.1 Å². The maximum atomic E-state index is 3.84. The van der Waals surface area contributed by atoms with Crippen LogP contribution < -0.4 is 10.2 Å². The van der Waals surface area contributed by atoms with E-state index >= 15 is 0 Å². The molecule has 0 bridgehead atoms. The monoisotopic (exact) mass is 287 g/mol. The lowest BCUT2D eigenvalue weighted by Gasteiger charge is -2.25. The summed E-state index contributed by atoms with van der Waals surface area (Å²) in [5.41, 5.74) is 2.75. The topological polar surface area (TPSA) is 18.5 Å². The maximum Gasteiger partial charge on any atom is 0.0602 e. The van der Waals surface area contributed by atoms with Crippen molar-refractivity contribution >= 4 is 11.4 Å². The summed E-state index contributed by atoms with van der Waals surface area (Å²) in [7, 11) is 0. The average molecular weight is 287 g/mol. The second kappa shape index (κ2) is 7.17. The van der Waals surface area contributed by atoms with Crippen LogP contribution >= 0.6 is 0 Å². The van der Waals surface area contributed by atoms with Gasteiger partial charge in [0.2, 0.25) is 0 Å². The number of likely N-dealkylation sites (tertiary alicyclic amines) is 1. The van der Waals surface area contributed by atoms with Gasteiger partial charge in [0, 0.05) is 25.7 Å². The number of rotatable bonds is 4. The Balaban J connectivity index is 1.67. The summed E-state index contributed by atoms with van der Waals surface area (Å²) in [5, 5.41) is 3.84. The quantitative estimate of drug-likeness (QED) is 0.913. The van der Waals surface area contributed by atoms with Crippen LogP contribution in [0, 0.1) is 0 Å². The molecule has 0 aromatic heterocycles. The summed E-state index contributed by atoms with van der Waals surface area (Å²) in [5.74, 6) is 0. The van der Waals surface area contributed by atoms with Crippen LogP contribution in [-0.2, 0) is 0 Å². The number of anilines is 2. The molecule has 2 aliphatic rings. The van der Waals surface area contributed by atoms with E-state index in [0.717, 1.165) is 0 Å². The predicted molar refractivity (Wildman–Crippen MR) is 91.3 cm³/mol. The average Bonchev–Trinajstić information content (AvgIpc) is 2.95. The van der Waals surface area contributed by atoms with Crippen molar-refractivity contribution in [1.82, 2.24) is 4.90 Å². The molecule has 2 aliphatic heterocycles. The van der Waals surface area contributed by atoms with Crippen molar-refractivity contribution in [2.45, 2.75) is 45.1 Å². The summed E-state index contributed by atoms with van der Waals surface area (Å²) < 4.78 is 0. The molecule has 1 atom stereocenters. The molecule has 1 N–H and O–H groups in total. The largest absolute Gasteiger partial charge is 0.381 e. The highest BCUT2D eigenvalue weighted by Gasteiger charge is 2.19. The van der Waals surface area contributed by atoms with Crippen molar-refractivity contribution < 1.29 is 0 Å². The molecule has 0 saturated carbocycles. The van der Waals surface area contributed by atoms with Gasteiger partial charge >= 0.3 is 0 Å². The molecule has 3 heteroatoms. The van der Waals surface area contributed by atoms with Crippen LogP contribution in [0.25, 0.3) is 0 Å². The third-order valence-corrected chi connectivity index (χ3v) is 4.98. The molecule has 0 spiro atoms. The molecule has 1 aromatic carbocycles. The highest BCUT2D eigenvalue weighted by atomic mass is 15.2. The normalized spacial score (nSPS) is 24.0. The zero-order valence-electron chi connectivity index (χ0n) is 13.4. The van der Waals surface area contributed by atoms with Crippen molar-refractivity contribution in [2.75, 3.05) is 42.9 Å². The third-order valence-electron chi connectivity index (χ3n) is 4.98. The van der Waals surface area contributed by atoms with E-state index in [4.69, 9.17) is 0 Å². The lowest BCUT2D eigenvalue weighted by molar-refractivity contribution is 0.300. The molecule has 3 rings (SSSR count). The van der Waals surface area contributed by atoms with Gasteiger partial charge in [0.25, 0.3) is 0 Å². The minimum absolute atomic E-state index is 0.630. The van der Waals surface area contributed by atoms with Crippen molar-refractivity contribution in [3.63, 3.8) is 0 Å². The summed E-state index contributed by atoms with van der Waals surface area (Å²) in [4.78, 5) is 5.12. The van der Waals surface area contributed by atoms with E-state index in [9.17, 15) is 0 Å². The van der Waals surface area contributed by atoms with E-state index in [1.165, 1.54) is 76.2 Å². The summed E-state index contributed by atoms with van der Waals surface area (Å²) in [6.07, 6.45) is 6.55. The summed E-state index contributed by atoms with van der Waals surface area (Å²) in [6, 6.07) is 9.51. The zero-order valence-corrected chi connectivity index (χ0v) is 13.4. The second-order valence-electron chi connectivity index (χ2n) is 6.42. The lowest BCUT2D eigenvalue weighted by atomic mass is 10.1. The molecule has 2 fully saturated rings. The van der Waals surface area contributed by atoms with E-state index in [1.807, 2.05) is 0 Å². The number of hydrogen-bond acceptors (Lipinski definition) is 3. The first kappa shape index (κ1) is 14.7. The molecule has 0 amide bonds. The maximum absolute atomic E-state index is 3.84. The number of benzene rings is 1. The minimum atomic E-state index is 0.630. The van der Waals surface area contributed by atoms with Crippen molar-refractivity contribution in [3.05, 3.63) is 24.3 Å². The number of para-hydroxylation sites is 2. The Morgan fingerprint density at radius 1 is 1.00 bits per heavy atom. The van der Waals surface area contributed by atoms with Gasteiger partial charge in [-0.05, 0) is 57.3 Å². The molecule has 1 aromatic rings. The van der Waals surface area contributed by atoms with Crippen LogP contribution in [0.5, 0.6) is 0 Å². The predicted octanol–water partition coefficient (Wildman–Crippen LogP) is 3.57. The van der Waals surface area contributed by atoms with Gasteiger partial charge < -0.3 is 15.1 Å². The smallest absolute Gasteiger partial charge is 0.0602 e. The van der Waals surface area contributed by atoms with E-state index in [1.54, 1.807) is 0 Å². The fourth-order valence-corrected chi connectivity index (χ4v) is 3.67.